The van der Waals surface area contributed by atoms with Crippen LogP contribution < -0.4 is 5.32 Å². The lowest BCUT2D eigenvalue weighted by molar-refractivity contribution is -0.118. The molecular formula is C16H21N3O4S. The Morgan fingerprint density at radius 2 is 1.88 bits per heavy atom. The molecule has 1 heterocycles. The van der Waals surface area contributed by atoms with Crippen molar-refractivity contribution in [3.8, 4) is 0 Å². The Bertz CT molecular complexity index is 757. The summed E-state index contributed by atoms with van der Waals surface area (Å²) in [5.41, 5.74) is 0.676. The second kappa shape index (κ2) is 8.58. The molecule has 0 radical (unpaired) electrons. The number of unbranched alkanes of at least 4 members (excludes halogenated alkanes) is 2. The predicted octanol–water partition coefficient (Wildman–Crippen LogP) is 1.89. The number of nitrogens with one attached hydrogen (secondary N) is 1. The lowest BCUT2D eigenvalue weighted by Crippen LogP contribution is -2.20. The van der Waals surface area contributed by atoms with Crippen molar-refractivity contribution in [2.75, 3.05) is 6.54 Å². The van der Waals surface area contributed by atoms with Gasteiger partial charge in [0.05, 0.1) is 5.75 Å². The van der Waals surface area contributed by atoms with Gasteiger partial charge in [-0.15, -0.1) is 5.10 Å². The highest BCUT2D eigenvalue weighted by atomic mass is 32.2. The molecule has 1 N–H and O–H groups in total. The van der Waals surface area contributed by atoms with Gasteiger partial charge in [0, 0.05) is 19.9 Å². The minimum Gasteiger partial charge on any atom is -0.413 e. The van der Waals surface area contributed by atoms with Gasteiger partial charge in [0.25, 0.3) is 0 Å². The molecule has 2 aromatic rings. The van der Waals surface area contributed by atoms with Crippen molar-refractivity contribution in [3.05, 3.63) is 41.8 Å². The zero-order chi connectivity index (χ0) is 17.4. The van der Waals surface area contributed by atoms with Crippen molar-refractivity contribution in [1.29, 1.82) is 0 Å². The molecule has 1 aromatic carbocycles. The maximum Gasteiger partial charge on any atom is 0.335 e. The minimum absolute atomic E-state index is 0.0415. The quantitative estimate of drug-likeness (QED) is 0.692. The summed E-state index contributed by atoms with van der Waals surface area (Å²) in [5.74, 6) is 0.118. The molecule has 2 rings (SSSR count). The van der Waals surface area contributed by atoms with Crippen molar-refractivity contribution < 1.29 is 17.6 Å². The molecule has 24 heavy (non-hydrogen) atoms. The first-order valence-corrected chi connectivity index (χ1v) is 9.46. The fourth-order valence-corrected chi connectivity index (χ4v) is 3.31. The molecule has 1 aromatic heterocycles. The van der Waals surface area contributed by atoms with E-state index in [0.717, 1.165) is 19.3 Å². The number of benzene rings is 1. The van der Waals surface area contributed by atoms with Gasteiger partial charge in [-0.05, 0) is 18.4 Å². The van der Waals surface area contributed by atoms with E-state index in [1.54, 1.807) is 24.3 Å². The summed E-state index contributed by atoms with van der Waals surface area (Å²) in [6.07, 6.45) is 3.05. The number of hydrogen-bond acceptors (Lipinski definition) is 6. The number of aryl methyl sites for hydroxylation is 1. The summed E-state index contributed by atoms with van der Waals surface area (Å²) >= 11 is 0. The third kappa shape index (κ3) is 5.77. The van der Waals surface area contributed by atoms with Crippen LogP contribution in [0.1, 0.15) is 37.6 Å². The third-order valence-corrected chi connectivity index (χ3v) is 4.77. The Labute approximate surface area is 141 Å². The standard InChI is InChI=1S/C16H21N3O4S/c1-13(20)17-11-7-3-6-10-15-18-19-16(23-15)24(21,22)12-14-8-4-2-5-9-14/h2,4-5,8-9H,3,6-7,10-12H2,1H3,(H,17,20). The van der Waals surface area contributed by atoms with E-state index in [4.69, 9.17) is 4.42 Å². The van der Waals surface area contributed by atoms with Crippen LogP contribution in [0.3, 0.4) is 0 Å². The van der Waals surface area contributed by atoms with E-state index in [0.29, 0.717) is 24.4 Å². The number of hydrogen-bond donors (Lipinski definition) is 1. The third-order valence-electron chi connectivity index (χ3n) is 3.36. The molecule has 0 bridgehead atoms. The van der Waals surface area contributed by atoms with E-state index in [1.165, 1.54) is 6.92 Å². The number of aromatic nitrogens is 2. The first kappa shape index (κ1) is 18.1. The number of nitrogens with zero attached hydrogens (tertiary/aromatic N) is 2. The number of carbonyl (C=O) groups is 1. The van der Waals surface area contributed by atoms with Gasteiger partial charge >= 0.3 is 5.22 Å². The van der Waals surface area contributed by atoms with E-state index in [9.17, 15) is 13.2 Å². The van der Waals surface area contributed by atoms with Gasteiger partial charge in [-0.3, -0.25) is 4.79 Å². The fourth-order valence-electron chi connectivity index (χ4n) is 2.16. The highest BCUT2D eigenvalue weighted by Crippen LogP contribution is 2.16. The normalized spacial score (nSPS) is 11.4. The van der Waals surface area contributed by atoms with Crippen molar-refractivity contribution in [2.45, 2.75) is 43.6 Å². The molecule has 8 heteroatoms. The highest BCUT2D eigenvalue weighted by molar-refractivity contribution is 7.90. The topological polar surface area (TPSA) is 102 Å². The molecule has 0 aliphatic rings. The molecule has 0 aliphatic heterocycles. The van der Waals surface area contributed by atoms with Gasteiger partial charge < -0.3 is 9.73 Å². The second-order valence-electron chi connectivity index (χ2n) is 5.50. The van der Waals surface area contributed by atoms with Gasteiger partial charge in [0.1, 0.15) is 0 Å². The van der Waals surface area contributed by atoms with Crippen molar-refractivity contribution in [1.82, 2.24) is 15.5 Å². The first-order valence-electron chi connectivity index (χ1n) is 7.81. The van der Waals surface area contributed by atoms with Crippen LogP contribution in [-0.4, -0.2) is 31.1 Å². The zero-order valence-corrected chi connectivity index (χ0v) is 14.4. The average Bonchev–Trinajstić information content (AvgIpc) is 3.01. The predicted molar refractivity (Wildman–Crippen MR) is 87.9 cm³/mol. The van der Waals surface area contributed by atoms with Crippen LogP contribution in [-0.2, 0) is 26.8 Å². The number of carbonyl (C=O) groups excluding carboxylic acids is 1. The number of sulfone groups is 1. The summed E-state index contributed by atoms with van der Waals surface area (Å²) in [6.45, 7) is 2.12. The van der Waals surface area contributed by atoms with E-state index < -0.39 is 9.84 Å². The Balaban J connectivity index is 1.82. The van der Waals surface area contributed by atoms with Crippen LogP contribution in [0.15, 0.2) is 40.0 Å². The van der Waals surface area contributed by atoms with E-state index >= 15 is 0 Å². The molecular weight excluding hydrogens is 330 g/mol. The lowest BCUT2D eigenvalue weighted by atomic mass is 10.2. The summed E-state index contributed by atoms with van der Waals surface area (Å²) in [4.78, 5) is 10.7. The Morgan fingerprint density at radius 3 is 2.58 bits per heavy atom. The molecule has 7 nitrogen and oxygen atoms in total. The van der Waals surface area contributed by atoms with Crippen LogP contribution in [0.4, 0.5) is 0 Å². The van der Waals surface area contributed by atoms with Gasteiger partial charge in [-0.1, -0.05) is 41.9 Å². The largest absolute Gasteiger partial charge is 0.413 e. The molecule has 130 valence electrons. The van der Waals surface area contributed by atoms with Crippen molar-refractivity contribution in [3.63, 3.8) is 0 Å². The van der Waals surface area contributed by atoms with Crippen molar-refractivity contribution in [2.24, 2.45) is 0 Å². The molecule has 0 aliphatic carbocycles. The van der Waals surface area contributed by atoms with Crippen molar-refractivity contribution >= 4 is 15.7 Å². The lowest BCUT2D eigenvalue weighted by Gasteiger charge is -2.01. The van der Waals surface area contributed by atoms with E-state index in [-0.39, 0.29) is 16.9 Å². The fraction of sp³-hybridized carbons (Fsp3) is 0.438. The van der Waals surface area contributed by atoms with Gasteiger partial charge in [-0.2, -0.15) is 0 Å². The maximum absolute atomic E-state index is 12.3. The summed E-state index contributed by atoms with van der Waals surface area (Å²) < 4.78 is 29.8. The van der Waals surface area contributed by atoms with E-state index in [1.807, 2.05) is 6.07 Å². The molecule has 1 amide bonds. The monoisotopic (exact) mass is 351 g/mol. The molecule has 0 saturated carbocycles. The van der Waals surface area contributed by atoms with Crippen LogP contribution in [0.5, 0.6) is 0 Å². The Hall–Kier alpha value is -2.22. The Morgan fingerprint density at radius 1 is 1.12 bits per heavy atom. The Kier molecular flexibility index (Phi) is 6.48. The van der Waals surface area contributed by atoms with Crippen LogP contribution in [0.2, 0.25) is 0 Å². The maximum atomic E-state index is 12.3. The molecule has 0 saturated heterocycles. The molecule has 0 unspecified atom stereocenters. The van der Waals surface area contributed by atoms with Crippen LogP contribution >= 0.6 is 0 Å². The van der Waals surface area contributed by atoms with Gasteiger partial charge in [0.2, 0.25) is 21.6 Å². The van der Waals surface area contributed by atoms with E-state index in [2.05, 4.69) is 15.5 Å². The first-order chi connectivity index (χ1) is 11.5. The summed E-state index contributed by atoms with van der Waals surface area (Å²) in [5, 5.41) is 9.85. The minimum atomic E-state index is -3.63. The SMILES string of the molecule is CC(=O)NCCCCCc1nnc(S(=O)(=O)Cc2ccccc2)o1. The highest BCUT2D eigenvalue weighted by Gasteiger charge is 2.22. The smallest absolute Gasteiger partial charge is 0.335 e. The van der Waals surface area contributed by atoms with Crippen LogP contribution in [0, 0.1) is 0 Å². The number of amides is 1. The summed E-state index contributed by atoms with van der Waals surface area (Å²) in [6, 6.07) is 8.87. The van der Waals surface area contributed by atoms with Gasteiger partial charge in [-0.25, -0.2) is 8.42 Å². The second-order valence-corrected chi connectivity index (χ2v) is 7.37. The van der Waals surface area contributed by atoms with Gasteiger partial charge in [0.15, 0.2) is 0 Å². The molecule has 0 fully saturated rings. The zero-order valence-electron chi connectivity index (χ0n) is 13.6. The average molecular weight is 351 g/mol. The molecule has 0 atom stereocenters. The molecule has 0 spiro atoms. The number of rotatable bonds is 9. The summed E-state index contributed by atoms with van der Waals surface area (Å²) in [7, 11) is -3.63. The van der Waals surface area contributed by atoms with Crippen LogP contribution in [0.25, 0.3) is 0 Å².